The fourth-order valence-corrected chi connectivity index (χ4v) is 5.01. The van der Waals surface area contributed by atoms with Crippen molar-refractivity contribution in [2.75, 3.05) is 49.1 Å². The molecule has 0 unspecified atom stereocenters. The summed E-state index contributed by atoms with van der Waals surface area (Å²) in [6, 6.07) is 20.0. The summed E-state index contributed by atoms with van der Waals surface area (Å²) >= 11 is 12.5. The van der Waals surface area contributed by atoms with Gasteiger partial charge in [0.15, 0.2) is 0 Å². The maximum atomic E-state index is 12.0. The quantitative estimate of drug-likeness (QED) is 0.332. The second kappa shape index (κ2) is 12.3. The minimum Gasteiger partial charge on any atom is -0.465 e. The van der Waals surface area contributed by atoms with Gasteiger partial charge in [-0.3, -0.25) is 14.6 Å². The highest BCUT2D eigenvalue weighted by atomic mass is 35.5. The number of hydrogen-bond donors (Lipinski definition) is 2. The van der Waals surface area contributed by atoms with Gasteiger partial charge in [-0.2, -0.15) is 0 Å². The number of unbranched alkanes of at least 4 members (excludes halogenated alkanes) is 1. The van der Waals surface area contributed by atoms with Crippen molar-refractivity contribution in [1.82, 2.24) is 4.90 Å². The van der Waals surface area contributed by atoms with Gasteiger partial charge >= 0.3 is 6.09 Å². The van der Waals surface area contributed by atoms with E-state index in [0.29, 0.717) is 27.8 Å². The Balaban J connectivity index is 1.30. The molecule has 0 aromatic heterocycles. The summed E-state index contributed by atoms with van der Waals surface area (Å²) in [6.45, 7) is 4.87. The van der Waals surface area contributed by atoms with Crippen molar-refractivity contribution in [2.45, 2.75) is 12.8 Å². The number of nitrogens with two attached hydrogens (primary N) is 1. The van der Waals surface area contributed by atoms with Gasteiger partial charge in [-0.05, 0) is 66.9 Å². The number of piperazine rings is 1. The van der Waals surface area contributed by atoms with Gasteiger partial charge in [-0.1, -0.05) is 53.5 Å². The van der Waals surface area contributed by atoms with Crippen LogP contribution in [-0.2, 0) is 0 Å². The third kappa shape index (κ3) is 6.74. The summed E-state index contributed by atoms with van der Waals surface area (Å²) in [4.78, 5) is 29.6. The predicted molar refractivity (Wildman–Crippen MR) is 150 cm³/mol. The largest absolute Gasteiger partial charge is 0.465 e. The highest BCUT2D eigenvalue weighted by Crippen LogP contribution is 2.33. The van der Waals surface area contributed by atoms with Crippen LogP contribution in [0, 0.1) is 0 Å². The van der Waals surface area contributed by atoms with Crippen LogP contribution in [0.4, 0.5) is 16.2 Å². The molecule has 7 nitrogen and oxygen atoms in total. The Labute approximate surface area is 227 Å². The molecular formula is C28H30Cl2N4O3. The number of hydrogen-bond acceptors (Lipinski definition) is 4. The summed E-state index contributed by atoms with van der Waals surface area (Å²) in [7, 11) is 0. The van der Waals surface area contributed by atoms with Crippen molar-refractivity contribution >= 4 is 46.6 Å². The first-order chi connectivity index (χ1) is 17.8. The van der Waals surface area contributed by atoms with E-state index in [1.54, 1.807) is 30.3 Å². The van der Waals surface area contributed by atoms with E-state index < -0.39 is 12.0 Å². The molecule has 3 N–H and O–H groups in total. The van der Waals surface area contributed by atoms with Crippen LogP contribution < -0.4 is 15.5 Å². The van der Waals surface area contributed by atoms with Gasteiger partial charge in [0.25, 0.3) is 0 Å². The fraction of sp³-hybridized carbons (Fsp3) is 0.286. The molecule has 0 bridgehead atoms. The predicted octanol–water partition coefficient (Wildman–Crippen LogP) is 5.85. The summed E-state index contributed by atoms with van der Waals surface area (Å²) in [6.07, 6.45) is 0.644. The van der Waals surface area contributed by atoms with Crippen LogP contribution in [0.5, 0.6) is 0 Å². The Hall–Kier alpha value is -3.26. The van der Waals surface area contributed by atoms with Crippen molar-refractivity contribution < 1.29 is 14.7 Å². The Morgan fingerprint density at radius 2 is 1.57 bits per heavy atom. The first-order valence-corrected chi connectivity index (χ1v) is 13.0. The van der Waals surface area contributed by atoms with Crippen molar-refractivity contribution in [1.29, 1.82) is 0 Å². The molecule has 1 aliphatic heterocycles. The molecule has 0 saturated carbocycles. The van der Waals surface area contributed by atoms with E-state index in [0.717, 1.165) is 62.4 Å². The van der Waals surface area contributed by atoms with E-state index in [1.807, 2.05) is 36.4 Å². The number of carboxylic acid groups (broad SMARTS) is 1. The van der Waals surface area contributed by atoms with E-state index in [4.69, 9.17) is 28.9 Å². The third-order valence-corrected chi connectivity index (χ3v) is 7.43. The molecule has 0 aliphatic carbocycles. The normalized spacial score (nSPS) is 13.9. The van der Waals surface area contributed by atoms with E-state index >= 15 is 0 Å². The highest BCUT2D eigenvalue weighted by molar-refractivity contribution is 6.43. The molecule has 1 saturated heterocycles. The number of primary amides is 1. The van der Waals surface area contributed by atoms with E-state index in [1.165, 1.54) is 4.90 Å². The summed E-state index contributed by atoms with van der Waals surface area (Å²) in [5.41, 5.74) is 9.01. The van der Waals surface area contributed by atoms with Crippen molar-refractivity contribution in [3.63, 3.8) is 0 Å². The second-order valence-electron chi connectivity index (χ2n) is 9.04. The number of halogens is 2. The SMILES string of the molecule is NC(=O)c1cccc(-c2cccc(N(CCCCN3CCN(c4cccc(Cl)c4Cl)CC3)C(=O)O)c2)c1. The topological polar surface area (TPSA) is 90.1 Å². The number of nitrogens with zero attached hydrogens (tertiary/aromatic N) is 3. The zero-order valence-corrected chi connectivity index (χ0v) is 22.0. The van der Waals surface area contributed by atoms with E-state index in [2.05, 4.69) is 9.80 Å². The van der Waals surface area contributed by atoms with Crippen LogP contribution in [0.2, 0.25) is 10.0 Å². The number of anilines is 2. The van der Waals surface area contributed by atoms with Crippen LogP contribution in [0.15, 0.2) is 66.7 Å². The lowest BCUT2D eigenvalue weighted by Crippen LogP contribution is -2.46. The lowest BCUT2D eigenvalue weighted by Gasteiger charge is -2.36. The summed E-state index contributed by atoms with van der Waals surface area (Å²) in [5, 5.41) is 11.0. The maximum absolute atomic E-state index is 12.0. The Bertz CT molecular complexity index is 1260. The van der Waals surface area contributed by atoms with Gasteiger partial charge in [0.2, 0.25) is 5.91 Å². The first-order valence-electron chi connectivity index (χ1n) is 12.3. The average molecular weight is 541 g/mol. The molecule has 0 spiro atoms. The summed E-state index contributed by atoms with van der Waals surface area (Å²) in [5.74, 6) is -0.500. The molecule has 3 aromatic rings. The van der Waals surface area contributed by atoms with Crippen LogP contribution in [0.1, 0.15) is 23.2 Å². The second-order valence-corrected chi connectivity index (χ2v) is 9.82. The standard InChI is InChI=1S/C28H30Cl2N4O3/c29-24-10-5-11-25(26(24)30)33-16-14-32(15-17-33)12-1-2-13-34(28(36)37)23-9-4-7-21(19-23)20-6-3-8-22(18-20)27(31)35/h3-11,18-19H,1-2,12-17H2,(H2,31,35)(H,36,37). The molecule has 4 rings (SSSR count). The molecule has 3 aromatic carbocycles. The fourth-order valence-electron chi connectivity index (χ4n) is 4.59. The van der Waals surface area contributed by atoms with Gasteiger partial charge in [-0.25, -0.2) is 4.79 Å². The number of amides is 2. The molecule has 2 amide bonds. The van der Waals surface area contributed by atoms with Crippen molar-refractivity contribution in [2.24, 2.45) is 5.73 Å². The molecule has 9 heteroatoms. The van der Waals surface area contributed by atoms with Crippen LogP contribution in [0.3, 0.4) is 0 Å². The molecule has 1 aliphatic rings. The number of benzene rings is 3. The molecule has 1 heterocycles. The van der Waals surface area contributed by atoms with Gasteiger partial charge in [0.1, 0.15) is 0 Å². The van der Waals surface area contributed by atoms with E-state index in [9.17, 15) is 14.7 Å². The van der Waals surface area contributed by atoms with Crippen molar-refractivity contribution in [3.8, 4) is 11.1 Å². The van der Waals surface area contributed by atoms with Crippen LogP contribution >= 0.6 is 23.2 Å². The third-order valence-electron chi connectivity index (χ3n) is 6.62. The van der Waals surface area contributed by atoms with Crippen molar-refractivity contribution in [3.05, 3.63) is 82.3 Å². The maximum Gasteiger partial charge on any atom is 0.411 e. The average Bonchev–Trinajstić information content (AvgIpc) is 2.90. The zero-order chi connectivity index (χ0) is 26.4. The smallest absolute Gasteiger partial charge is 0.411 e. The van der Waals surface area contributed by atoms with Crippen LogP contribution in [0.25, 0.3) is 11.1 Å². The highest BCUT2D eigenvalue weighted by Gasteiger charge is 2.20. The molecule has 37 heavy (non-hydrogen) atoms. The molecular weight excluding hydrogens is 511 g/mol. The Morgan fingerprint density at radius 3 is 2.27 bits per heavy atom. The summed E-state index contributed by atoms with van der Waals surface area (Å²) < 4.78 is 0. The van der Waals surface area contributed by atoms with Gasteiger partial charge in [-0.15, -0.1) is 0 Å². The lowest BCUT2D eigenvalue weighted by atomic mass is 10.0. The Kier molecular flexibility index (Phi) is 8.92. The minimum atomic E-state index is -0.991. The molecule has 0 radical (unpaired) electrons. The van der Waals surface area contributed by atoms with Gasteiger partial charge in [0, 0.05) is 44.0 Å². The minimum absolute atomic E-state index is 0.401. The molecule has 194 valence electrons. The van der Waals surface area contributed by atoms with Gasteiger partial charge < -0.3 is 15.7 Å². The molecule has 1 fully saturated rings. The van der Waals surface area contributed by atoms with Crippen LogP contribution in [-0.4, -0.2) is 61.3 Å². The monoisotopic (exact) mass is 540 g/mol. The van der Waals surface area contributed by atoms with E-state index in [-0.39, 0.29) is 0 Å². The van der Waals surface area contributed by atoms with Gasteiger partial charge in [0.05, 0.1) is 15.7 Å². The number of carbonyl (C=O) groups is 2. The lowest BCUT2D eigenvalue weighted by molar-refractivity contribution is 0.1000. The number of carbonyl (C=O) groups excluding carboxylic acids is 1. The first kappa shape index (κ1) is 26.8. The molecule has 0 atom stereocenters. The number of rotatable bonds is 9. The zero-order valence-electron chi connectivity index (χ0n) is 20.4. The Morgan fingerprint density at radius 1 is 0.892 bits per heavy atom.